The van der Waals surface area contributed by atoms with Gasteiger partial charge in [-0.3, -0.25) is 4.79 Å². The van der Waals surface area contributed by atoms with E-state index in [1.807, 2.05) is 6.92 Å². The number of carbonyl (C=O) groups excluding carboxylic acids is 1. The van der Waals surface area contributed by atoms with Gasteiger partial charge in [-0.15, -0.1) is 0 Å². The Kier molecular flexibility index (Phi) is 5.18. The molecule has 0 spiro atoms. The molecule has 2 aromatic carbocycles. The van der Waals surface area contributed by atoms with Crippen LogP contribution in [-0.2, 0) is 0 Å². The maximum Gasteiger partial charge on any atom is 0.256 e. The van der Waals surface area contributed by atoms with Crippen molar-refractivity contribution in [3.8, 4) is 0 Å². The van der Waals surface area contributed by atoms with Crippen molar-refractivity contribution in [3.05, 3.63) is 58.9 Å². The maximum absolute atomic E-state index is 14.4. The number of likely N-dealkylation sites (tertiary alicyclic amines) is 1. The van der Waals surface area contributed by atoms with Crippen molar-refractivity contribution in [2.24, 2.45) is 0 Å². The second-order valence-corrected chi connectivity index (χ2v) is 6.36. The lowest BCUT2D eigenvalue weighted by Crippen LogP contribution is -2.59. The molecule has 7 heteroatoms. The van der Waals surface area contributed by atoms with Gasteiger partial charge in [0.1, 0.15) is 5.82 Å². The van der Waals surface area contributed by atoms with Gasteiger partial charge >= 0.3 is 0 Å². The fourth-order valence-corrected chi connectivity index (χ4v) is 2.94. The van der Waals surface area contributed by atoms with E-state index in [4.69, 9.17) is 0 Å². The number of aryl methyl sites for hydroxylation is 1. The van der Waals surface area contributed by atoms with Crippen LogP contribution in [0, 0.1) is 24.4 Å². The van der Waals surface area contributed by atoms with E-state index in [9.17, 15) is 18.0 Å². The van der Waals surface area contributed by atoms with Gasteiger partial charge in [-0.1, -0.05) is 13.0 Å². The molecule has 0 aliphatic carbocycles. The Labute approximate surface area is 150 Å². The monoisotopic (exact) mass is 363 g/mol. The van der Waals surface area contributed by atoms with E-state index in [0.29, 0.717) is 18.7 Å². The smallest absolute Gasteiger partial charge is 0.256 e. The zero-order valence-electron chi connectivity index (χ0n) is 14.6. The van der Waals surface area contributed by atoms with Crippen molar-refractivity contribution in [2.75, 3.05) is 25.0 Å². The molecule has 0 bridgehead atoms. The number of anilines is 2. The fourth-order valence-electron chi connectivity index (χ4n) is 2.94. The van der Waals surface area contributed by atoms with Crippen LogP contribution in [0.2, 0.25) is 0 Å². The second-order valence-electron chi connectivity index (χ2n) is 6.36. The van der Waals surface area contributed by atoms with Gasteiger partial charge in [0.2, 0.25) is 0 Å². The summed E-state index contributed by atoms with van der Waals surface area (Å²) in [6.07, 6.45) is 0. The van der Waals surface area contributed by atoms with E-state index in [-0.39, 0.29) is 23.0 Å². The number of halogens is 3. The molecule has 4 nitrogen and oxygen atoms in total. The first-order chi connectivity index (χ1) is 12.4. The van der Waals surface area contributed by atoms with E-state index in [0.717, 1.165) is 12.6 Å². The molecule has 1 aliphatic rings. The average Bonchev–Trinajstić information content (AvgIpc) is 2.56. The quantitative estimate of drug-likeness (QED) is 0.853. The van der Waals surface area contributed by atoms with Crippen LogP contribution in [0.25, 0.3) is 0 Å². The third kappa shape index (κ3) is 3.53. The number of hydrogen-bond acceptors (Lipinski definition) is 3. The highest BCUT2D eigenvalue weighted by Crippen LogP contribution is 2.30. The first kappa shape index (κ1) is 18.3. The summed E-state index contributed by atoms with van der Waals surface area (Å²) in [5.74, 6) is -3.35. The number of likely N-dealkylation sites (N-methyl/N-ethyl adjacent to an activating group) is 1. The third-order valence-electron chi connectivity index (χ3n) is 4.37. The zero-order chi connectivity index (χ0) is 18.8. The summed E-state index contributed by atoms with van der Waals surface area (Å²) >= 11 is 0. The Morgan fingerprint density at radius 3 is 2.54 bits per heavy atom. The lowest BCUT2D eigenvalue weighted by molar-refractivity contribution is 0.0570. The molecule has 138 valence electrons. The standard InChI is InChI=1S/C19H20F3N3O/c1-3-23-12-9-25(10-12)19(26)13-5-6-14(20)17(22)18(13)24-16-7-4-11(2)8-15(16)21/h4-8,12,23-24H,3,9-10H2,1-2H3. The first-order valence-electron chi connectivity index (χ1n) is 8.44. The number of nitrogens with zero attached hydrogens (tertiary/aromatic N) is 1. The van der Waals surface area contributed by atoms with Crippen molar-refractivity contribution >= 4 is 17.3 Å². The van der Waals surface area contributed by atoms with Gasteiger partial charge in [-0.05, 0) is 43.3 Å². The van der Waals surface area contributed by atoms with Crippen LogP contribution in [-0.4, -0.2) is 36.5 Å². The topological polar surface area (TPSA) is 44.4 Å². The highest BCUT2D eigenvalue weighted by Gasteiger charge is 2.32. The normalized spacial score (nSPS) is 14.3. The SMILES string of the molecule is CCNC1CN(C(=O)c2ccc(F)c(F)c2Nc2ccc(C)cc2F)C1. The predicted molar refractivity (Wildman–Crippen MR) is 94.1 cm³/mol. The van der Waals surface area contributed by atoms with Gasteiger partial charge in [0, 0.05) is 19.1 Å². The molecule has 0 saturated carbocycles. The average molecular weight is 363 g/mol. The summed E-state index contributed by atoms with van der Waals surface area (Å²) in [4.78, 5) is 14.2. The van der Waals surface area contributed by atoms with Gasteiger partial charge in [-0.2, -0.15) is 0 Å². The molecule has 2 aromatic rings. The Balaban J connectivity index is 1.89. The number of nitrogens with one attached hydrogen (secondary N) is 2. The van der Waals surface area contributed by atoms with Crippen LogP contribution >= 0.6 is 0 Å². The zero-order valence-corrected chi connectivity index (χ0v) is 14.6. The summed E-state index contributed by atoms with van der Waals surface area (Å²) in [5.41, 5.74) is 0.283. The summed E-state index contributed by atoms with van der Waals surface area (Å²) in [6, 6.07) is 6.66. The van der Waals surface area contributed by atoms with Gasteiger partial charge < -0.3 is 15.5 Å². The van der Waals surface area contributed by atoms with E-state index >= 15 is 0 Å². The van der Waals surface area contributed by atoms with Crippen LogP contribution in [0.5, 0.6) is 0 Å². The molecule has 26 heavy (non-hydrogen) atoms. The highest BCUT2D eigenvalue weighted by atomic mass is 19.2. The molecule has 0 atom stereocenters. The van der Waals surface area contributed by atoms with Crippen LogP contribution < -0.4 is 10.6 Å². The molecule has 0 aromatic heterocycles. The number of rotatable bonds is 5. The number of amides is 1. The minimum Gasteiger partial charge on any atom is -0.350 e. The molecule has 2 N–H and O–H groups in total. The number of benzene rings is 2. The molecular weight excluding hydrogens is 343 g/mol. The summed E-state index contributed by atoms with van der Waals surface area (Å²) < 4.78 is 42.2. The Hall–Kier alpha value is -2.54. The summed E-state index contributed by atoms with van der Waals surface area (Å²) in [6.45, 7) is 5.46. The van der Waals surface area contributed by atoms with Crippen molar-refractivity contribution in [3.63, 3.8) is 0 Å². The molecule has 1 fully saturated rings. The van der Waals surface area contributed by atoms with Gasteiger partial charge in [0.15, 0.2) is 11.6 Å². The molecule has 0 unspecified atom stereocenters. The van der Waals surface area contributed by atoms with Gasteiger partial charge in [0.25, 0.3) is 5.91 Å². The first-order valence-corrected chi connectivity index (χ1v) is 8.44. The molecule has 3 rings (SSSR count). The minimum absolute atomic E-state index is 0.0247. The molecule has 0 radical (unpaired) electrons. The molecule has 1 aliphatic heterocycles. The molecule has 1 amide bonds. The fraction of sp³-hybridized carbons (Fsp3) is 0.316. The van der Waals surface area contributed by atoms with E-state index in [1.54, 1.807) is 13.0 Å². The largest absolute Gasteiger partial charge is 0.350 e. The lowest BCUT2D eigenvalue weighted by atomic mass is 10.0. The van der Waals surface area contributed by atoms with Crippen LogP contribution in [0.1, 0.15) is 22.8 Å². The predicted octanol–water partition coefficient (Wildman–Crippen LogP) is 3.59. The Bertz CT molecular complexity index is 835. The Morgan fingerprint density at radius 1 is 1.15 bits per heavy atom. The maximum atomic E-state index is 14.4. The third-order valence-corrected chi connectivity index (χ3v) is 4.37. The van der Waals surface area contributed by atoms with Crippen molar-refractivity contribution in [1.29, 1.82) is 0 Å². The van der Waals surface area contributed by atoms with Gasteiger partial charge in [0.05, 0.1) is 16.9 Å². The van der Waals surface area contributed by atoms with Crippen LogP contribution in [0.4, 0.5) is 24.5 Å². The molecule has 1 saturated heterocycles. The van der Waals surface area contributed by atoms with E-state index < -0.39 is 23.4 Å². The second kappa shape index (κ2) is 7.37. The van der Waals surface area contributed by atoms with Crippen molar-refractivity contribution in [2.45, 2.75) is 19.9 Å². The number of hydrogen-bond donors (Lipinski definition) is 2. The van der Waals surface area contributed by atoms with Crippen LogP contribution in [0.3, 0.4) is 0 Å². The highest BCUT2D eigenvalue weighted by molar-refractivity contribution is 6.01. The lowest BCUT2D eigenvalue weighted by Gasteiger charge is -2.40. The molecular formula is C19H20F3N3O. The van der Waals surface area contributed by atoms with Crippen molar-refractivity contribution < 1.29 is 18.0 Å². The van der Waals surface area contributed by atoms with E-state index in [2.05, 4.69) is 10.6 Å². The van der Waals surface area contributed by atoms with Gasteiger partial charge in [-0.25, -0.2) is 13.2 Å². The summed E-state index contributed by atoms with van der Waals surface area (Å²) in [5, 5.41) is 5.76. The minimum atomic E-state index is -1.21. The summed E-state index contributed by atoms with van der Waals surface area (Å²) in [7, 11) is 0. The molecule has 1 heterocycles. The van der Waals surface area contributed by atoms with E-state index in [1.165, 1.54) is 23.1 Å². The Morgan fingerprint density at radius 2 is 1.88 bits per heavy atom. The van der Waals surface area contributed by atoms with Crippen molar-refractivity contribution in [1.82, 2.24) is 10.2 Å². The van der Waals surface area contributed by atoms with Crippen LogP contribution in [0.15, 0.2) is 30.3 Å². The number of carbonyl (C=O) groups is 1.